The van der Waals surface area contributed by atoms with Crippen LogP contribution < -0.4 is 29.5 Å². The van der Waals surface area contributed by atoms with Crippen molar-refractivity contribution in [3.63, 3.8) is 0 Å². The summed E-state index contributed by atoms with van der Waals surface area (Å²) in [6, 6.07) is 0. The van der Waals surface area contributed by atoms with Gasteiger partial charge in [0.25, 0.3) is 0 Å². The Bertz CT molecular complexity index is 164. The smallest absolute Gasteiger partial charge is 4.00 e. The van der Waals surface area contributed by atoms with E-state index in [1.165, 1.54) is 0 Å². The van der Waals surface area contributed by atoms with Crippen LogP contribution in [0.25, 0.3) is 0 Å². The number of hydrogen-bond acceptors (Lipinski definition) is 12. The van der Waals surface area contributed by atoms with E-state index in [1.54, 1.807) is 0 Å². The van der Waals surface area contributed by atoms with Gasteiger partial charge in [-0.15, -0.1) is 0 Å². The molecule has 0 aliphatic rings. The van der Waals surface area contributed by atoms with Crippen molar-refractivity contribution in [3.8, 4) is 0 Å². The second-order valence-electron chi connectivity index (χ2n) is 1.00. The van der Waals surface area contributed by atoms with Crippen LogP contribution in [0, 0.1) is 0 Å². The standard InChI is InChI=1S/12O.Sn.4Ti.Zr/q;;;;8*-1;+4;;;;;+4. The van der Waals surface area contributed by atoms with E-state index >= 15 is 0 Å². The summed E-state index contributed by atoms with van der Waals surface area (Å²) >= 11 is -16.3. The van der Waals surface area contributed by atoms with Crippen LogP contribution >= 0.6 is 0 Å². The van der Waals surface area contributed by atoms with Crippen LogP contribution in [0.5, 0.6) is 0 Å². The average Bonchev–Trinajstić information content (AvgIpc) is 1.76. The molecule has 0 rings (SSSR count). The molecule has 0 spiro atoms. The Morgan fingerprint density at radius 1 is 0.444 bits per heavy atom. The second kappa shape index (κ2) is 32.4. The van der Waals surface area contributed by atoms with Gasteiger partial charge >= 0.3 is 167 Å². The summed E-state index contributed by atoms with van der Waals surface area (Å²) in [6.07, 6.45) is 0. The minimum atomic E-state index is -4.08. The molecule has 0 atom stereocenters. The first-order chi connectivity index (χ1) is 6.93. The molecule has 0 aliphatic carbocycles. The van der Waals surface area contributed by atoms with Gasteiger partial charge in [0, 0.05) is 0 Å². The van der Waals surface area contributed by atoms with Gasteiger partial charge in [-0.1, -0.05) is 0 Å². The molecule has 18 heteroatoms. The Morgan fingerprint density at radius 2 is 0.444 bits per heavy atom. The fraction of sp³-hybridized carbons (Fsp3) is 0. The average molecular weight is 593 g/mol. The second-order valence-corrected chi connectivity index (χ2v) is 4.12. The zero-order valence-electron chi connectivity index (χ0n) is 7.90. The van der Waals surface area contributed by atoms with Crippen LogP contribution in [0.1, 0.15) is 0 Å². The summed E-state index contributed by atoms with van der Waals surface area (Å²) in [5.74, 6) is 0. The molecule has 0 N–H and O–H groups in total. The van der Waals surface area contributed by atoms with Gasteiger partial charge in [-0.3, -0.25) is 0 Å². The van der Waals surface area contributed by atoms with E-state index < -0.39 is 74.5 Å². The van der Waals surface area contributed by atoms with Crippen molar-refractivity contribution in [1.29, 1.82) is 0 Å². The van der Waals surface area contributed by atoms with Crippen molar-refractivity contribution in [1.82, 2.24) is 0 Å². The molecule has 18 heavy (non-hydrogen) atoms. The zero-order chi connectivity index (χ0) is 14.3. The first-order valence-electron chi connectivity index (χ1n) is 2.45. The Morgan fingerprint density at radius 3 is 0.444 bits per heavy atom. The Balaban J connectivity index is -0.0000000257. The van der Waals surface area contributed by atoms with E-state index in [9.17, 15) is 0 Å². The van der Waals surface area contributed by atoms with E-state index in [4.69, 9.17) is 42.8 Å². The van der Waals surface area contributed by atoms with Gasteiger partial charge in [-0.2, -0.15) is 0 Å². The van der Waals surface area contributed by atoms with Gasteiger partial charge in [0.1, 0.15) is 0 Å². The van der Waals surface area contributed by atoms with Gasteiger partial charge in [-0.25, -0.2) is 0 Å². The third kappa shape index (κ3) is 564. The molecule has 0 aromatic heterocycles. The van der Waals surface area contributed by atoms with Gasteiger partial charge in [0.15, 0.2) is 0 Å². The largest absolute Gasteiger partial charge is 4.00 e. The molecule has 0 heterocycles. The van der Waals surface area contributed by atoms with E-state index in [1.807, 2.05) is 0 Å². The van der Waals surface area contributed by atoms with Crippen molar-refractivity contribution in [2.45, 2.75) is 0 Å². The third-order valence-corrected chi connectivity index (χ3v) is 0. The van der Waals surface area contributed by atoms with E-state index in [-0.39, 0.29) is 50.1 Å². The van der Waals surface area contributed by atoms with E-state index in [0.717, 1.165) is 0 Å². The van der Waals surface area contributed by atoms with Gasteiger partial charge in [0.2, 0.25) is 0 Å². The fourth-order valence-electron chi connectivity index (χ4n) is 0. The third-order valence-electron chi connectivity index (χ3n) is 0. The summed E-state index contributed by atoms with van der Waals surface area (Å²) in [7, 11) is 0. The van der Waals surface area contributed by atoms with Crippen LogP contribution in [0.3, 0.4) is 0 Å². The Kier molecular flexibility index (Phi) is 67.6. The van der Waals surface area contributed by atoms with Crippen molar-refractivity contribution >= 4 is 23.9 Å². The maximum atomic E-state index is 8.58. The molecule has 0 unspecified atom stereocenters. The first kappa shape index (κ1) is 37.6. The van der Waals surface area contributed by atoms with E-state index in [0.29, 0.717) is 0 Å². The summed E-state index contributed by atoms with van der Waals surface area (Å²) in [4.78, 5) is 0. The molecule has 0 fully saturated rings. The quantitative estimate of drug-likeness (QED) is 0.237. The first-order valence-corrected chi connectivity index (χ1v) is 10.1. The summed E-state index contributed by atoms with van der Waals surface area (Å²) in [5, 5.41) is 0. The van der Waals surface area contributed by atoms with Crippen molar-refractivity contribution in [3.05, 3.63) is 0 Å². The SMILES string of the molecule is [O]=[Ti]([O-])[O-].[O]=[Ti]([O-])[O-].[O]=[Ti]([O-])[O-].[O]=[Ti]([O-])[O-].[Sn+4].[Zr+4]. The van der Waals surface area contributed by atoms with Crippen LogP contribution in [0.15, 0.2) is 0 Å². The molecular formula is O12SnTi4Zr. The minimum Gasteiger partial charge on any atom is 4.00 e. The Labute approximate surface area is 164 Å². The number of rotatable bonds is 0. The van der Waals surface area contributed by atoms with Crippen LogP contribution in [0.2, 0.25) is 0 Å². The summed E-state index contributed by atoms with van der Waals surface area (Å²) in [6.45, 7) is 0. The molecule has 12 nitrogen and oxygen atoms in total. The molecule has 0 aromatic carbocycles. The normalized spacial score (nSPS) is 5.78. The predicted octanol–water partition coefficient (Wildman–Crippen LogP) is -10.4. The monoisotopic (exact) mass is 594 g/mol. The molecule has 96 valence electrons. The van der Waals surface area contributed by atoms with Crippen LogP contribution in [-0.4, -0.2) is 23.9 Å². The molecule has 0 saturated heterocycles. The maximum Gasteiger partial charge on any atom is 4.00 e. The molecule has 0 bridgehead atoms. The topological polar surface area (TPSA) is 253 Å². The van der Waals surface area contributed by atoms with Gasteiger partial charge in [0.05, 0.1) is 0 Å². The molecule has 0 radical (unpaired) electrons. The molecule has 0 amide bonds. The van der Waals surface area contributed by atoms with Crippen LogP contribution in [-0.2, 0) is 114 Å². The summed E-state index contributed by atoms with van der Waals surface area (Å²) < 4.78 is 103. The maximum absolute atomic E-state index is 8.58. The van der Waals surface area contributed by atoms with Gasteiger partial charge < -0.3 is 0 Å². The molecular weight excluding hydrogens is 593 g/mol. The van der Waals surface area contributed by atoms with Crippen molar-refractivity contribution < 1.29 is 143 Å². The minimum absolute atomic E-state index is 0. The van der Waals surface area contributed by atoms with Crippen molar-refractivity contribution in [2.75, 3.05) is 0 Å². The molecule has 0 aliphatic heterocycles. The van der Waals surface area contributed by atoms with Gasteiger partial charge in [-0.05, 0) is 0 Å². The number of hydrogen-bond donors (Lipinski definition) is 0. The Hall–Kier alpha value is 3.42. The van der Waals surface area contributed by atoms with Crippen LogP contribution in [0.4, 0.5) is 0 Å². The van der Waals surface area contributed by atoms with E-state index in [2.05, 4.69) is 0 Å². The predicted molar refractivity (Wildman–Crippen MR) is 8.50 cm³/mol. The molecule has 0 saturated carbocycles. The molecule has 0 aromatic rings. The fourth-order valence-corrected chi connectivity index (χ4v) is 0. The van der Waals surface area contributed by atoms with Crippen molar-refractivity contribution in [2.24, 2.45) is 0 Å². The zero-order valence-corrected chi connectivity index (χ0v) is 19.5. The summed E-state index contributed by atoms with van der Waals surface area (Å²) in [5.41, 5.74) is 0.